The van der Waals surface area contributed by atoms with E-state index < -0.39 is 24.8 Å². The molecule has 0 saturated heterocycles. The Morgan fingerprint density at radius 3 is 2.56 bits per heavy atom. The van der Waals surface area contributed by atoms with E-state index in [4.69, 9.17) is 5.11 Å². The molecule has 0 fully saturated rings. The van der Waals surface area contributed by atoms with E-state index in [0.717, 1.165) is 0 Å². The number of carbonyl (C=O) groups excluding carboxylic acids is 1. The minimum absolute atomic E-state index is 0.0497. The highest BCUT2D eigenvalue weighted by molar-refractivity contribution is 5.87. The van der Waals surface area contributed by atoms with Gasteiger partial charge in [0.2, 0.25) is 0 Å². The second kappa shape index (κ2) is 6.49. The summed E-state index contributed by atoms with van der Waals surface area (Å²) in [4.78, 5) is 10.9. The Hall–Kier alpha value is -1.08. The summed E-state index contributed by atoms with van der Waals surface area (Å²) in [5.74, 6) is -0.543. The number of esters is 1. The molecule has 0 spiro atoms. The number of aliphatic hydroxyl groups is 1. The lowest BCUT2D eigenvalue weighted by Gasteiger charge is -2.14. The Labute approximate surface area is 91.1 Å². The molecule has 0 heterocycles. The molecule has 0 aliphatic rings. The van der Waals surface area contributed by atoms with Gasteiger partial charge in [0.05, 0.1) is 7.11 Å². The molecule has 7 heteroatoms. The van der Waals surface area contributed by atoms with Gasteiger partial charge in [0.15, 0.2) is 6.10 Å². The van der Waals surface area contributed by atoms with Crippen LogP contribution in [-0.4, -0.2) is 43.6 Å². The first-order valence-corrected chi connectivity index (χ1v) is 4.49. The van der Waals surface area contributed by atoms with Gasteiger partial charge >= 0.3 is 12.1 Å². The van der Waals surface area contributed by atoms with Crippen molar-refractivity contribution in [2.45, 2.75) is 19.2 Å². The third-order valence-electron chi connectivity index (χ3n) is 1.78. The van der Waals surface area contributed by atoms with E-state index in [0.29, 0.717) is 0 Å². The van der Waals surface area contributed by atoms with Crippen molar-refractivity contribution >= 4 is 5.97 Å². The van der Waals surface area contributed by atoms with Crippen molar-refractivity contribution in [1.82, 2.24) is 5.32 Å². The van der Waals surface area contributed by atoms with Gasteiger partial charge in [-0.05, 0) is 6.92 Å². The first-order chi connectivity index (χ1) is 7.29. The van der Waals surface area contributed by atoms with Gasteiger partial charge in [0.1, 0.15) is 0 Å². The minimum Gasteiger partial charge on any atom is -0.466 e. The molecule has 0 aliphatic carbocycles. The van der Waals surface area contributed by atoms with Crippen molar-refractivity contribution in [2.75, 3.05) is 20.2 Å². The van der Waals surface area contributed by atoms with Gasteiger partial charge in [-0.15, -0.1) is 0 Å². The van der Waals surface area contributed by atoms with E-state index in [1.807, 2.05) is 0 Å². The van der Waals surface area contributed by atoms with Crippen molar-refractivity contribution in [3.63, 3.8) is 0 Å². The number of halogens is 3. The average molecular weight is 241 g/mol. The van der Waals surface area contributed by atoms with Crippen molar-refractivity contribution in [1.29, 1.82) is 0 Å². The summed E-state index contributed by atoms with van der Waals surface area (Å²) < 4.78 is 39.9. The zero-order chi connectivity index (χ0) is 12.8. The predicted molar refractivity (Wildman–Crippen MR) is 50.7 cm³/mol. The lowest BCUT2D eigenvalue weighted by molar-refractivity contribution is -0.201. The number of carbonyl (C=O) groups is 1. The molecule has 0 aromatic rings. The Bertz CT molecular complexity index is 263. The molecule has 0 saturated carbocycles. The Morgan fingerprint density at radius 1 is 1.56 bits per heavy atom. The smallest absolute Gasteiger partial charge is 0.415 e. The average Bonchev–Trinajstić information content (AvgIpc) is 2.20. The van der Waals surface area contributed by atoms with Crippen LogP contribution in [-0.2, 0) is 9.53 Å². The first-order valence-electron chi connectivity index (χ1n) is 4.49. The highest BCUT2D eigenvalue weighted by atomic mass is 19.4. The van der Waals surface area contributed by atoms with Gasteiger partial charge in [-0.2, -0.15) is 13.2 Å². The SMILES string of the molecule is COC(=O)C(C)=CCNCC(O)C(F)(F)F. The highest BCUT2D eigenvalue weighted by Gasteiger charge is 2.37. The van der Waals surface area contributed by atoms with E-state index in [-0.39, 0.29) is 12.1 Å². The van der Waals surface area contributed by atoms with Crippen molar-refractivity contribution in [3.8, 4) is 0 Å². The zero-order valence-electron chi connectivity index (χ0n) is 8.97. The molecule has 0 aliphatic heterocycles. The Morgan fingerprint density at radius 2 is 2.12 bits per heavy atom. The maximum atomic E-state index is 11.8. The summed E-state index contributed by atoms with van der Waals surface area (Å²) in [6.45, 7) is 0.913. The van der Waals surface area contributed by atoms with Crippen LogP contribution < -0.4 is 5.32 Å². The number of alkyl halides is 3. The fourth-order valence-corrected chi connectivity index (χ4v) is 0.805. The van der Waals surface area contributed by atoms with Gasteiger partial charge in [-0.1, -0.05) is 6.08 Å². The molecule has 0 aromatic heterocycles. The minimum atomic E-state index is -4.63. The van der Waals surface area contributed by atoms with E-state index in [1.54, 1.807) is 0 Å². The second-order valence-electron chi connectivity index (χ2n) is 3.09. The molecule has 94 valence electrons. The third-order valence-corrected chi connectivity index (χ3v) is 1.78. The molecular weight excluding hydrogens is 227 g/mol. The lowest BCUT2D eigenvalue weighted by Crippen LogP contribution is -2.38. The van der Waals surface area contributed by atoms with Gasteiger partial charge in [-0.3, -0.25) is 0 Å². The summed E-state index contributed by atoms with van der Waals surface area (Å²) in [6, 6.07) is 0. The molecule has 16 heavy (non-hydrogen) atoms. The monoisotopic (exact) mass is 241 g/mol. The van der Waals surface area contributed by atoms with Crippen LogP contribution in [0.3, 0.4) is 0 Å². The standard InChI is InChI=1S/C9H14F3NO3/c1-6(8(15)16-2)3-4-13-5-7(14)9(10,11)12/h3,7,13-14H,4-5H2,1-2H3. The van der Waals surface area contributed by atoms with Crippen LogP contribution >= 0.6 is 0 Å². The highest BCUT2D eigenvalue weighted by Crippen LogP contribution is 2.18. The topological polar surface area (TPSA) is 58.6 Å². The van der Waals surface area contributed by atoms with Crippen LogP contribution in [0.1, 0.15) is 6.92 Å². The summed E-state index contributed by atoms with van der Waals surface area (Å²) in [5, 5.41) is 11.0. The zero-order valence-corrected chi connectivity index (χ0v) is 8.97. The number of hydrogen-bond donors (Lipinski definition) is 2. The van der Waals surface area contributed by atoms with Crippen LogP contribution in [0.2, 0.25) is 0 Å². The van der Waals surface area contributed by atoms with Gasteiger partial charge in [-0.25, -0.2) is 4.79 Å². The Balaban J connectivity index is 3.88. The quantitative estimate of drug-likeness (QED) is 0.421. The van der Waals surface area contributed by atoms with Crippen LogP contribution in [0.4, 0.5) is 13.2 Å². The Kier molecular flexibility index (Phi) is 6.05. The van der Waals surface area contributed by atoms with Crippen LogP contribution in [0.25, 0.3) is 0 Å². The summed E-state index contributed by atoms with van der Waals surface area (Å²) >= 11 is 0. The normalized spacial score (nSPS) is 14.8. The fourth-order valence-electron chi connectivity index (χ4n) is 0.805. The van der Waals surface area contributed by atoms with Crippen molar-refractivity contribution < 1.29 is 27.8 Å². The number of aliphatic hydroxyl groups excluding tert-OH is 1. The molecule has 4 nitrogen and oxygen atoms in total. The fraction of sp³-hybridized carbons (Fsp3) is 0.667. The first kappa shape index (κ1) is 14.9. The van der Waals surface area contributed by atoms with Gasteiger partial charge < -0.3 is 15.2 Å². The van der Waals surface area contributed by atoms with E-state index >= 15 is 0 Å². The maximum absolute atomic E-state index is 11.8. The second-order valence-corrected chi connectivity index (χ2v) is 3.09. The molecule has 1 unspecified atom stereocenters. The summed E-state index contributed by atoms with van der Waals surface area (Å²) in [5.41, 5.74) is 0.288. The van der Waals surface area contributed by atoms with Crippen molar-refractivity contribution in [3.05, 3.63) is 11.6 Å². The number of rotatable bonds is 5. The third kappa shape index (κ3) is 5.72. The molecule has 0 aromatic carbocycles. The van der Waals surface area contributed by atoms with E-state index in [9.17, 15) is 18.0 Å². The molecule has 0 radical (unpaired) electrons. The van der Waals surface area contributed by atoms with Crippen molar-refractivity contribution in [2.24, 2.45) is 0 Å². The van der Waals surface area contributed by atoms with Crippen LogP contribution in [0.15, 0.2) is 11.6 Å². The molecule has 1 atom stereocenters. The summed E-state index contributed by atoms with van der Waals surface area (Å²) in [7, 11) is 1.21. The lowest BCUT2D eigenvalue weighted by atomic mass is 10.3. The molecule has 0 rings (SSSR count). The van der Waals surface area contributed by atoms with Gasteiger partial charge in [0, 0.05) is 18.7 Å². The van der Waals surface area contributed by atoms with Crippen LogP contribution in [0, 0.1) is 0 Å². The van der Waals surface area contributed by atoms with Crippen LogP contribution in [0.5, 0.6) is 0 Å². The molecule has 0 amide bonds. The maximum Gasteiger partial charge on any atom is 0.415 e. The number of hydrogen-bond acceptors (Lipinski definition) is 4. The summed E-state index contributed by atoms with van der Waals surface area (Å²) in [6.07, 6.45) is -5.65. The number of nitrogens with one attached hydrogen (secondary N) is 1. The molecule has 2 N–H and O–H groups in total. The van der Waals surface area contributed by atoms with E-state index in [2.05, 4.69) is 10.1 Å². The number of ether oxygens (including phenoxy) is 1. The molecular formula is C9H14F3NO3. The predicted octanol–water partition coefficient (Wildman–Crippen LogP) is 0.618. The molecule has 0 bridgehead atoms. The number of methoxy groups -OCH3 is 1. The van der Waals surface area contributed by atoms with Gasteiger partial charge in [0.25, 0.3) is 0 Å². The largest absolute Gasteiger partial charge is 0.466 e. The van der Waals surface area contributed by atoms with E-state index in [1.165, 1.54) is 20.1 Å².